The van der Waals surface area contributed by atoms with Crippen molar-refractivity contribution in [3.05, 3.63) is 52.3 Å². The van der Waals surface area contributed by atoms with Crippen molar-refractivity contribution in [1.29, 1.82) is 0 Å². The van der Waals surface area contributed by atoms with Crippen LogP contribution in [0.5, 0.6) is 0 Å². The summed E-state index contributed by atoms with van der Waals surface area (Å²) >= 11 is 0. The molecular weight excluding hydrogens is 236 g/mol. The molecule has 0 bridgehead atoms. The first kappa shape index (κ1) is 13.8. The molecule has 2 rings (SSSR count). The molecule has 0 aliphatic carbocycles. The molecule has 2 aromatic rings. The van der Waals surface area contributed by atoms with Gasteiger partial charge in [-0.05, 0) is 31.9 Å². The maximum absolute atomic E-state index is 10.4. The zero-order valence-corrected chi connectivity index (χ0v) is 12.1. The molecule has 0 amide bonds. The summed E-state index contributed by atoms with van der Waals surface area (Å²) in [6, 6.07) is 8.41. The highest BCUT2D eigenvalue weighted by Gasteiger charge is 2.14. The van der Waals surface area contributed by atoms with E-state index in [0.717, 1.165) is 17.8 Å². The lowest BCUT2D eigenvalue weighted by molar-refractivity contribution is 0.168. The lowest BCUT2D eigenvalue weighted by atomic mass is 10.0. The second-order valence-electron chi connectivity index (χ2n) is 5.25. The van der Waals surface area contributed by atoms with Crippen molar-refractivity contribution < 1.29 is 5.11 Å². The third-order valence-electron chi connectivity index (χ3n) is 3.38. The van der Waals surface area contributed by atoms with Crippen LogP contribution in [0.1, 0.15) is 41.1 Å². The van der Waals surface area contributed by atoms with Crippen LogP contribution in [0.15, 0.2) is 24.3 Å². The van der Waals surface area contributed by atoms with Gasteiger partial charge in [0.2, 0.25) is 0 Å². The first-order valence-corrected chi connectivity index (χ1v) is 6.77. The van der Waals surface area contributed by atoms with E-state index < -0.39 is 6.10 Å². The van der Waals surface area contributed by atoms with Gasteiger partial charge in [0.05, 0.1) is 17.5 Å². The zero-order chi connectivity index (χ0) is 14.0. The Bertz CT molecular complexity index is 552. The van der Waals surface area contributed by atoms with Gasteiger partial charge in [0, 0.05) is 13.5 Å². The molecule has 1 aromatic heterocycles. The number of hydrogen-bond donors (Lipinski definition) is 1. The van der Waals surface area contributed by atoms with Crippen molar-refractivity contribution in [2.75, 3.05) is 0 Å². The Morgan fingerprint density at radius 2 is 1.79 bits per heavy atom. The number of aliphatic hydroxyl groups is 1. The Hall–Kier alpha value is -1.61. The molecule has 0 saturated heterocycles. The van der Waals surface area contributed by atoms with E-state index in [0.29, 0.717) is 6.42 Å². The highest BCUT2D eigenvalue weighted by Crippen LogP contribution is 2.20. The van der Waals surface area contributed by atoms with Gasteiger partial charge in [0.25, 0.3) is 0 Å². The van der Waals surface area contributed by atoms with Gasteiger partial charge >= 0.3 is 0 Å². The van der Waals surface area contributed by atoms with Crippen LogP contribution in [-0.4, -0.2) is 14.9 Å². The molecule has 0 aliphatic rings. The first-order valence-electron chi connectivity index (χ1n) is 6.77. The molecule has 0 fully saturated rings. The van der Waals surface area contributed by atoms with E-state index in [-0.39, 0.29) is 0 Å². The molecule has 0 spiro atoms. The third kappa shape index (κ3) is 3.24. The summed E-state index contributed by atoms with van der Waals surface area (Å²) in [6.07, 6.45) is 1.02. The Labute approximate surface area is 114 Å². The van der Waals surface area contributed by atoms with Gasteiger partial charge in [0.15, 0.2) is 0 Å². The molecule has 1 atom stereocenters. The Morgan fingerprint density at radius 3 is 2.32 bits per heavy atom. The van der Waals surface area contributed by atoms with Gasteiger partial charge in [0.1, 0.15) is 0 Å². The zero-order valence-electron chi connectivity index (χ0n) is 12.1. The molecule has 0 aliphatic heterocycles. The van der Waals surface area contributed by atoms with Crippen LogP contribution in [0.2, 0.25) is 0 Å². The van der Waals surface area contributed by atoms with Crippen molar-refractivity contribution in [2.45, 2.75) is 39.7 Å². The van der Waals surface area contributed by atoms with E-state index in [1.54, 1.807) is 4.68 Å². The fraction of sp³-hybridized carbons (Fsp3) is 0.438. The lowest BCUT2D eigenvalue weighted by Crippen LogP contribution is -2.08. The molecular formula is C16H22N2O. The number of rotatable bonds is 4. The van der Waals surface area contributed by atoms with E-state index in [1.807, 2.05) is 13.1 Å². The van der Waals surface area contributed by atoms with Crippen molar-refractivity contribution in [3.8, 4) is 0 Å². The summed E-state index contributed by atoms with van der Waals surface area (Å²) in [5.41, 5.74) is 5.56. The molecule has 1 heterocycles. The third-order valence-corrected chi connectivity index (χ3v) is 3.38. The van der Waals surface area contributed by atoms with Gasteiger partial charge in [-0.1, -0.05) is 36.2 Å². The average molecular weight is 258 g/mol. The van der Waals surface area contributed by atoms with Crippen LogP contribution in [-0.2, 0) is 19.9 Å². The minimum absolute atomic E-state index is 0.501. The normalized spacial score (nSPS) is 12.7. The number of benzene rings is 1. The predicted molar refractivity (Wildman–Crippen MR) is 77.2 cm³/mol. The standard InChI is InChI=1S/C16H22N2O/c1-5-14-10-15(18(4)17-14)16(19)9-13-7-11(2)6-12(3)8-13/h6-8,10,16,19H,5,9H2,1-4H3. The maximum atomic E-state index is 10.4. The monoisotopic (exact) mass is 258 g/mol. The van der Waals surface area contributed by atoms with Crippen LogP contribution in [0, 0.1) is 13.8 Å². The smallest absolute Gasteiger partial charge is 0.0996 e. The molecule has 3 nitrogen and oxygen atoms in total. The lowest BCUT2D eigenvalue weighted by Gasteiger charge is -2.12. The summed E-state index contributed by atoms with van der Waals surface area (Å²) in [5, 5.41) is 14.8. The van der Waals surface area contributed by atoms with E-state index >= 15 is 0 Å². The van der Waals surface area contributed by atoms with Crippen LogP contribution in [0.4, 0.5) is 0 Å². The number of aliphatic hydroxyl groups excluding tert-OH is 1. The van der Waals surface area contributed by atoms with Gasteiger partial charge in [-0.2, -0.15) is 5.10 Å². The fourth-order valence-corrected chi connectivity index (χ4v) is 2.54. The molecule has 19 heavy (non-hydrogen) atoms. The van der Waals surface area contributed by atoms with Crippen LogP contribution >= 0.6 is 0 Å². The molecule has 102 valence electrons. The SMILES string of the molecule is CCc1cc(C(O)Cc2cc(C)cc(C)c2)n(C)n1. The molecule has 3 heteroatoms. The summed E-state index contributed by atoms with van der Waals surface area (Å²) in [4.78, 5) is 0. The van der Waals surface area contributed by atoms with Crippen LogP contribution in [0.3, 0.4) is 0 Å². The molecule has 0 saturated carbocycles. The van der Waals surface area contributed by atoms with Gasteiger partial charge in [-0.3, -0.25) is 4.68 Å². The molecule has 0 radical (unpaired) electrons. The maximum Gasteiger partial charge on any atom is 0.0996 e. The molecule has 1 N–H and O–H groups in total. The quantitative estimate of drug-likeness (QED) is 0.915. The van der Waals surface area contributed by atoms with E-state index in [2.05, 4.69) is 44.1 Å². The largest absolute Gasteiger partial charge is 0.386 e. The van der Waals surface area contributed by atoms with E-state index in [9.17, 15) is 5.11 Å². The van der Waals surface area contributed by atoms with Crippen LogP contribution in [0.25, 0.3) is 0 Å². The number of hydrogen-bond acceptors (Lipinski definition) is 2. The first-order chi connectivity index (χ1) is 8.99. The van der Waals surface area contributed by atoms with Gasteiger partial charge in [-0.15, -0.1) is 0 Å². The van der Waals surface area contributed by atoms with Crippen molar-refractivity contribution in [3.63, 3.8) is 0 Å². The van der Waals surface area contributed by atoms with E-state index in [1.165, 1.54) is 16.7 Å². The number of aryl methyl sites for hydroxylation is 4. The second-order valence-corrected chi connectivity index (χ2v) is 5.25. The highest BCUT2D eigenvalue weighted by molar-refractivity contribution is 5.29. The topological polar surface area (TPSA) is 38.0 Å². The van der Waals surface area contributed by atoms with Crippen LogP contribution < -0.4 is 0 Å². The summed E-state index contributed by atoms with van der Waals surface area (Å²) in [6.45, 7) is 6.24. The second kappa shape index (κ2) is 5.57. The van der Waals surface area contributed by atoms with Gasteiger partial charge in [-0.25, -0.2) is 0 Å². The van der Waals surface area contributed by atoms with E-state index in [4.69, 9.17) is 0 Å². The minimum Gasteiger partial charge on any atom is -0.386 e. The van der Waals surface area contributed by atoms with Crippen molar-refractivity contribution >= 4 is 0 Å². The van der Waals surface area contributed by atoms with Gasteiger partial charge < -0.3 is 5.11 Å². The van der Waals surface area contributed by atoms with Crippen molar-refractivity contribution in [2.24, 2.45) is 7.05 Å². The number of nitrogens with zero attached hydrogens (tertiary/aromatic N) is 2. The molecule has 1 aromatic carbocycles. The fourth-order valence-electron chi connectivity index (χ4n) is 2.54. The average Bonchev–Trinajstić information content (AvgIpc) is 2.69. The molecule has 1 unspecified atom stereocenters. The Kier molecular flexibility index (Phi) is 4.05. The summed E-state index contributed by atoms with van der Waals surface area (Å²) in [5.74, 6) is 0. The van der Waals surface area contributed by atoms with Crippen molar-refractivity contribution in [1.82, 2.24) is 9.78 Å². The summed E-state index contributed by atoms with van der Waals surface area (Å²) in [7, 11) is 1.89. The number of aromatic nitrogens is 2. The highest BCUT2D eigenvalue weighted by atomic mass is 16.3. The Balaban J connectivity index is 2.20. The Morgan fingerprint density at radius 1 is 1.16 bits per heavy atom. The predicted octanol–water partition coefficient (Wildman–Crippen LogP) is 2.88. The summed E-state index contributed by atoms with van der Waals surface area (Å²) < 4.78 is 1.78. The minimum atomic E-state index is -0.501.